The first-order chi connectivity index (χ1) is 3.13. The van der Waals surface area contributed by atoms with Crippen LogP contribution in [0, 0.1) is 6.92 Å². The summed E-state index contributed by atoms with van der Waals surface area (Å²) in [5.41, 5.74) is 0. The molecule has 0 spiro atoms. The summed E-state index contributed by atoms with van der Waals surface area (Å²) in [6.07, 6.45) is -0.0278. The maximum absolute atomic E-state index is 9.99. The van der Waals surface area contributed by atoms with Gasteiger partial charge in [-0.3, -0.25) is 4.79 Å². The van der Waals surface area contributed by atoms with Gasteiger partial charge in [0.25, 0.3) is 0 Å². The van der Waals surface area contributed by atoms with E-state index in [4.69, 9.17) is 0 Å². The minimum absolute atomic E-state index is 0. The predicted molar refractivity (Wildman–Crippen MR) is 25.7 cm³/mol. The van der Waals surface area contributed by atoms with Gasteiger partial charge in [-0.15, -0.1) is 0 Å². The normalized spacial score (nSPS) is 7.12. The van der Waals surface area contributed by atoms with Gasteiger partial charge in [0.1, 0.15) is 5.78 Å². The predicted octanol–water partition coefficient (Wildman–Crippen LogP) is 0.366. The van der Waals surface area contributed by atoms with Crippen LogP contribution < -0.4 is 0 Å². The average molecular weight is 154 g/mol. The van der Waals surface area contributed by atoms with Crippen molar-refractivity contribution >= 4 is 11.6 Å². The molecule has 0 aromatic carbocycles. The van der Waals surface area contributed by atoms with Crippen molar-refractivity contribution in [3.63, 3.8) is 0 Å². The monoisotopic (exact) mass is 154 g/mol. The Hall–Kier alpha value is -0.271. The van der Waals surface area contributed by atoms with Gasteiger partial charge in [0.05, 0.1) is 0 Å². The molecule has 0 aliphatic rings. The Bertz CT molecular complexity index is 86.6. The van der Waals surface area contributed by atoms with Crippen molar-refractivity contribution in [2.24, 2.45) is 0 Å². The van der Waals surface area contributed by atoms with Gasteiger partial charge in [-0.1, -0.05) is 0 Å². The van der Waals surface area contributed by atoms with Crippen LogP contribution in [0.4, 0.5) is 0 Å². The van der Waals surface area contributed by atoms with Crippen LogP contribution in [0.1, 0.15) is 13.3 Å². The minimum Gasteiger partial charge on any atom is -0.339 e. The summed E-state index contributed by atoms with van der Waals surface area (Å²) >= 11 is 0. The minimum atomic E-state index is -0.312. The van der Waals surface area contributed by atoms with Crippen LogP contribution in [-0.4, -0.2) is 11.6 Å². The van der Waals surface area contributed by atoms with Crippen LogP contribution in [-0.2, 0) is 26.7 Å². The van der Waals surface area contributed by atoms with Crippen LogP contribution in [0.3, 0.4) is 0 Å². The smallest absolute Gasteiger partial charge is 0.134 e. The second kappa shape index (κ2) is 4.88. The second-order valence-electron chi connectivity index (χ2n) is 1.42. The zero-order chi connectivity index (χ0) is 5.86. The summed E-state index contributed by atoms with van der Waals surface area (Å²) in [6, 6.07) is 0. The molecule has 0 rings (SSSR count). The van der Waals surface area contributed by atoms with Crippen LogP contribution in [0.15, 0.2) is 0 Å². The number of hydrogen-bond donors (Lipinski definition) is 0. The summed E-state index contributed by atoms with van der Waals surface area (Å²) in [7, 11) is 0. The molecular weight excluding hydrogens is 147 g/mol. The third-order valence-electron chi connectivity index (χ3n) is 0.446. The number of carbonyl (C=O) groups excluding carboxylic acids is 2. The summed E-state index contributed by atoms with van der Waals surface area (Å²) < 4.78 is 0. The maximum atomic E-state index is 9.99. The van der Waals surface area contributed by atoms with E-state index in [2.05, 4.69) is 6.92 Å². The van der Waals surface area contributed by atoms with Gasteiger partial charge in [0.15, 0.2) is 0 Å². The van der Waals surface area contributed by atoms with E-state index in [0.717, 1.165) is 0 Å². The van der Waals surface area contributed by atoms with Crippen molar-refractivity contribution in [1.82, 2.24) is 0 Å². The van der Waals surface area contributed by atoms with E-state index in [1.54, 1.807) is 0 Å². The Balaban J connectivity index is 0. The van der Waals surface area contributed by atoms with E-state index >= 15 is 0 Å². The molecule has 0 saturated carbocycles. The van der Waals surface area contributed by atoms with E-state index in [1.807, 2.05) is 0 Å². The molecule has 1 radical (unpaired) electrons. The third kappa shape index (κ3) is 9.21. The molecule has 0 N–H and O–H groups in total. The Morgan fingerprint density at radius 3 is 1.88 bits per heavy atom. The van der Waals surface area contributed by atoms with Crippen molar-refractivity contribution in [2.45, 2.75) is 13.3 Å². The van der Waals surface area contributed by atoms with Crippen LogP contribution in [0.5, 0.6) is 0 Å². The summed E-state index contributed by atoms with van der Waals surface area (Å²) in [6.45, 7) is 4.38. The number of ketones is 2. The Labute approximate surface area is 59.1 Å². The van der Waals surface area contributed by atoms with Gasteiger partial charge < -0.3 is 11.7 Å². The van der Waals surface area contributed by atoms with Gasteiger partial charge in [0.2, 0.25) is 0 Å². The van der Waals surface area contributed by atoms with Crippen molar-refractivity contribution in [2.75, 3.05) is 0 Å². The van der Waals surface area contributed by atoms with Gasteiger partial charge in [-0.2, -0.15) is 0 Å². The molecule has 0 aliphatic carbocycles. The molecule has 0 aromatic rings. The molecule has 0 atom stereocenters. The molecule has 3 heteroatoms. The average Bonchev–Trinajstić information content (AvgIpc) is 1.27. The van der Waals surface area contributed by atoms with Crippen LogP contribution in [0.25, 0.3) is 0 Å². The summed E-state index contributed by atoms with van der Waals surface area (Å²) in [5, 5.41) is 0. The fraction of sp³-hybridized carbons (Fsp3) is 0.400. The zero-order valence-corrected chi connectivity index (χ0v) is 5.79. The Morgan fingerprint density at radius 1 is 1.50 bits per heavy atom. The molecule has 0 heterocycles. The first-order valence-corrected chi connectivity index (χ1v) is 1.97. The van der Waals surface area contributed by atoms with E-state index in [1.165, 1.54) is 6.92 Å². The maximum Gasteiger partial charge on any atom is 0.134 e. The first-order valence-electron chi connectivity index (χ1n) is 1.97. The molecule has 0 unspecified atom stereocenters. The number of hydrogen-bond acceptors (Lipinski definition) is 2. The van der Waals surface area contributed by atoms with E-state index in [9.17, 15) is 9.59 Å². The fourth-order valence-electron chi connectivity index (χ4n) is 0.278. The van der Waals surface area contributed by atoms with Crippen LogP contribution >= 0.6 is 0 Å². The van der Waals surface area contributed by atoms with E-state index < -0.39 is 0 Å². The Morgan fingerprint density at radius 2 is 1.88 bits per heavy atom. The van der Waals surface area contributed by atoms with Crippen molar-refractivity contribution in [3.8, 4) is 0 Å². The van der Waals surface area contributed by atoms with Crippen molar-refractivity contribution in [3.05, 3.63) is 6.92 Å². The van der Waals surface area contributed by atoms with Gasteiger partial charge in [-0.25, -0.2) is 0 Å². The third-order valence-corrected chi connectivity index (χ3v) is 0.446. The molecule has 0 aliphatic heterocycles. The van der Waals surface area contributed by atoms with Crippen molar-refractivity contribution in [1.29, 1.82) is 0 Å². The topological polar surface area (TPSA) is 34.1 Å². The largest absolute Gasteiger partial charge is 0.339 e. The molecular formula is C5H7MnO2-. The number of Topliss-reactive ketones (excluding diaryl/α,β-unsaturated/α-hetero) is 2. The van der Waals surface area contributed by atoms with Crippen molar-refractivity contribution < 1.29 is 26.7 Å². The van der Waals surface area contributed by atoms with E-state index in [0.29, 0.717) is 0 Å². The molecule has 0 fully saturated rings. The van der Waals surface area contributed by atoms with Gasteiger partial charge >= 0.3 is 0 Å². The standard InChI is InChI=1S/C5H7O2.Mn/c1-4(6)3-5(2)7;/h1,3H2,2H3;/q-1;. The van der Waals surface area contributed by atoms with E-state index in [-0.39, 0.29) is 35.1 Å². The second-order valence-corrected chi connectivity index (χ2v) is 1.42. The molecule has 0 amide bonds. The zero-order valence-electron chi connectivity index (χ0n) is 4.61. The molecule has 0 bridgehead atoms. The number of rotatable bonds is 2. The molecule has 0 saturated heterocycles. The quantitative estimate of drug-likeness (QED) is 0.327. The van der Waals surface area contributed by atoms with Gasteiger partial charge in [0, 0.05) is 29.3 Å². The number of carbonyl (C=O) groups is 2. The van der Waals surface area contributed by atoms with Crippen LogP contribution in [0.2, 0.25) is 0 Å². The van der Waals surface area contributed by atoms with Gasteiger partial charge in [-0.05, 0) is 6.92 Å². The molecule has 47 valence electrons. The molecule has 2 nitrogen and oxygen atoms in total. The Kier molecular flexibility index (Phi) is 6.50. The summed E-state index contributed by atoms with van der Waals surface area (Å²) in [5.74, 6) is -0.437. The molecule has 8 heavy (non-hydrogen) atoms. The molecule has 0 aromatic heterocycles. The fourth-order valence-corrected chi connectivity index (χ4v) is 0.278. The SMILES string of the molecule is [CH2-]C(=O)CC(C)=O.[Mn]. The summed E-state index contributed by atoms with van der Waals surface area (Å²) in [4.78, 5) is 19.9. The first kappa shape index (κ1) is 10.7.